The third kappa shape index (κ3) is 5.19. The first-order valence-corrected chi connectivity index (χ1v) is 15.5. The number of carbonyl (C=O) groups excluding carboxylic acids is 1. The molecule has 1 aromatic heterocycles. The fourth-order valence-corrected chi connectivity index (χ4v) is 6.16. The van der Waals surface area contributed by atoms with E-state index >= 15 is 0 Å². The van der Waals surface area contributed by atoms with E-state index in [0.29, 0.717) is 46.9 Å². The number of aromatic nitrogens is 2. The summed E-state index contributed by atoms with van der Waals surface area (Å²) < 4.78 is 24.3. The van der Waals surface area contributed by atoms with Gasteiger partial charge in [-0.2, -0.15) is 5.10 Å². The van der Waals surface area contributed by atoms with E-state index in [4.69, 9.17) is 34.0 Å². The van der Waals surface area contributed by atoms with Gasteiger partial charge in [0.1, 0.15) is 0 Å². The largest absolute Gasteiger partial charge is 0.493 e. The maximum atomic E-state index is 12.3. The number of amidine groups is 2. The Kier molecular flexibility index (Phi) is 8.02. The van der Waals surface area contributed by atoms with Crippen LogP contribution in [-0.2, 0) is 4.74 Å². The van der Waals surface area contributed by atoms with Crippen molar-refractivity contribution < 1.29 is 23.7 Å². The fraction of sp³-hybridized carbons (Fsp3) is 0.189. The number of hydrogen-bond donors (Lipinski definition) is 1. The molecule has 11 nitrogen and oxygen atoms in total. The van der Waals surface area contributed by atoms with Gasteiger partial charge in [-0.3, -0.25) is 0 Å². The molecule has 0 spiro atoms. The fourth-order valence-electron chi connectivity index (χ4n) is 6.16. The number of carbonyl (C=O) groups is 1. The summed E-state index contributed by atoms with van der Waals surface area (Å²) in [5, 5.41) is 8.49. The van der Waals surface area contributed by atoms with Crippen LogP contribution in [0.1, 0.15) is 40.1 Å². The van der Waals surface area contributed by atoms with Crippen LogP contribution in [0.5, 0.6) is 17.2 Å². The number of fused-ring (bicyclic) bond motifs is 4. The Morgan fingerprint density at radius 3 is 2.21 bits per heavy atom. The van der Waals surface area contributed by atoms with Gasteiger partial charge in [-0.15, -0.1) is 0 Å². The predicted molar refractivity (Wildman–Crippen MR) is 185 cm³/mol. The van der Waals surface area contributed by atoms with E-state index in [9.17, 15) is 4.79 Å². The van der Waals surface area contributed by atoms with Crippen LogP contribution in [0, 0.1) is 6.92 Å². The lowest BCUT2D eigenvalue weighted by Crippen LogP contribution is -2.46. The zero-order chi connectivity index (χ0) is 33.4. The molecule has 1 N–H and O–H groups in total. The van der Waals surface area contributed by atoms with Crippen molar-refractivity contribution in [2.45, 2.75) is 19.9 Å². The number of para-hydroxylation sites is 3. The number of aryl methyl sites for hydroxylation is 1. The van der Waals surface area contributed by atoms with Gasteiger partial charge in [0.15, 0.2) is 29.0 Å². The maximum absolute atomic E-state index is 12.3. The first-order valence-electron chi connectivity index (χ1n) is 15.5. The van der Waals surface area contributed by atoms with E-state index in [1.807, 2.05) is 90.5 Å². The van der Waals surface area contributed by atoms with Crippen molar-refractivity contribution in [2.24, 2.45) is 9.98 Å². The second-order valence-corrected chi connectivity index (χ2v) is 11.1. The monoisotopic (exact) mass is 642 g/mol. The summed E-state index contributed by atoms with van der Waals surface area (Å²) in [4.78, 5) is 24.8. The molecule has 0 saturated heterocycles. The Hall–Kier alpha value is -6.10. The van der Waals surface area contributed by atoms with Crippen molar-refractivity contribution in [3.05, 3.63) is 113 Å². The summed E-state index contributed by atoms with van der Waals surface area (Å²) >= 11 is 0. The van der Waals surface area contributed by atoms with Gasteiger partial charge in [-0.1, -0.05) is 30.3 Å². The summed E-state index contributed by atoms with van der Waals surface area (Å²) in [5.74, 6) is 2.98. The minimum Gasteiger partial charge on any atom is -0.493 e. The second kappa shape index (κ2) is 12.6. The Bertz CT molecular complexity index is 2050. The van der Waals surface area contributed by atoms with E-state index < -0.39 is 6.04 Å². The first kappa shape index (κ1) is 30.5. The van der Waals surface area contributed by atoms with Crippen molar-refractivity contribution in [3.63, 3.8) is 0 Å². The van der Waals surface area contributed by atoms with Crippen molar-refractivity contribution in [2.75, 3.05) is 38.2 Å². The number of esters is 1. The van der Waals surface area contributed by atoms with Crippen LogP contribution in [0.15, 0.2) is 101 Å². The predicted octanol–water partition coefficient (Wildman–Crippen LogP) is 7.18. The highest BCUT2D eigenvalue weighted by molar-refractivity contribution is 6.51. The molecule has 242 valence electrons. The number of benzene rings is 4. The Labute approximate surface area is 278 Å². The second-order valence-electron chi connectivity index (χ2n) is 11.1. The minimum atomic E-state index is -0.418. The highest BCUT2D eigenvalue weighted by atomic mass is 16.5. The smallest absolute Gasteiger partial charge is 0.338 e. The van der Waals surface area contributed by atoms with Crippen molar-refractivity contribution >= 4 is 40.5 Å². The zero-order valence-electron chi connectivity index (χ0n) is 27.2. The van der Waals surface area contributed by atoms with Gasteiger partial charge >= 0.3 is 5.97 Å². The molecule has 3 heterocycles. The summed E-state index contributed by atoms with van der Waals surface area (Å²) in [5.41, 5.74) is 6.32. The average molecular weight is 643 g/mol. The minimum absolute atomic E-state index is 0.304. The number of rotatable bonds is 8. The molecule has 4 aromatic carbocycles. The summed E-state index contributed by atoms with van der Waals surface area (Å²) in [6.45, 7) is 4.09. The van der Waals surface area contributed by atoms with E-state index in [2.05, 4.69) is 10.2 Å². The zero-order valence-corrected chi connectivity index (χ0v) is 27.2. The molecule has 2 aliphatic heterocycles. The van der Waals surface area contributed by atoms with E-state index in [1.54, 1.807) is 40.4 Å². The summed E-state index contributed by atoms with van der Waals surface area (Å²) in [6.07, 6.45) is 0. The third-order valence-electron chi connectivity index (χ3n) is 8.30. The normalized spacial score (nSPS) is 14.5. The number of anilines is 2. The number of nitrogens with one attached hydrogen (secondary N) is 1. The van der Waals surface area contributed by atoms with Crippen LogP contribution >= 0.6 is 0 Å². The molecule has 2 aliphatic rings. The average Bonchev–Trinajstić information content (AvgIpc) is 3.46. The summed E-state index contributed by atoms with van der Waals surface area (Å²) in [6, 6.07) is 28.5. The van der Waals surface area contributed by atoms with Gasteiger partial charge in [0.2, 0.25) is 5.75 Å². The van der Waals surface area contributed by atoms with Gasteiger partial charge in [-0.05, 0) is 80.1 Å². The molecule has 0 amide bonds. The van der Waals surface area contributed by atoms with Gasteiger partial charge in [0.25, 0.3) is 0 Å². The molecule has 0 unspecified atom stereocenters. The van der Waals surface area contributed by atoms with Crippen LogP contribution in [0.2, 0.25) is 0 Å². The molecular formula is C37H34N6O5. The molecule has 0 fully saturated rings. The topological polar surface area (TPSA) is 112 Å². The number of hydrogen-bond acceptors (Lipinski definition) is 10. The van der Waals surface area contributed by atoms with Crippen LogP contribution in [0.25, 0.3) is 5.69 Å². The number of nitrogens with zero attached hydrogens (tertiary/aromatic N) is 5. The Morgan fingerprint density at radius 1 is 0.854 bits per heavy atom. The molecule has 48 heavy (non-hydrogen) atoms. The van der Waals surface area contributed by atoms with Crippen molar-refractivity contribution in [3.8, 4) is 22.9 Å². The van der Waals surface area contributed by atoms with Gasteiger partial charge in [0, 0.05) is 11.3 Å². The van der Waals surface area contributed by atoms with Crippen molar-refractivity contribution in [1.29, 1.82) is 0 Å². The molecule has 0 radical (unpaired) electrons. The first-order chi connectivity index (χ1) is 23.4. The van der Waals surface area contributed by atoms with Crippen LogP contribution in [0.3, 0.4) is 0 Å². The molecule has 0 saturated carbocycles. The lowest BCUT2D eigenvalue weighted by molar-refractivity contribution is 0.0526. The molecule has 11 heteroatoms. The van der Waals surface area contributed by atoms with Gasteiger partial charge < -0.3 is 29.2 Å². The molecule has 0 bridgehead atoms. The third-order valence-corrected chi connectivity index (χ3v) is 8.30. The Balaban J connectivity index is 1.45. The maximum Gasteiger partial charge on any atom is 0.338 e. The SMILES string of the molecule is CCOC(=O)c1ccc(NC2=Nc3ccccc3N3C2=Nc2c(c(C)nn2-c2ccccc2)[C@H]3c2cc(OC)c(OC)c(OC)c2)cc1. The van der Waals surface area contributed by atoms with E-state index in [1.165, 1.54) is 0 Å². The molecular weight excluding hydrogens is 608 g/mol. The van der Waals surface area contributed by atoms with Crippen LogP contribution in [0.4, 0.5) is 22.9 Å². The molecule has 1 atom stereocenters. The lowest BCUT2D eigenvalue weighted by Gasteiger charge is -2.40. The van der Waals surface area contributed by atoms with Crippen LogP contribution in [-0.4, -0.2) is 55.4 Å². The number of aliphatic imine (C=N–C) groups is 2. The van der Waals surface area contributed by atoms with E-state index in [0.717, 1.165) is 39.6 Å². The lowest BCUT2D eigenvalue weighted by atomic mass is 9.92. The highest BCUT2D eigenvalue weighted by Gasteiger charge is 2.42. The summed E-state index contributed by atoms with van der Waals surface area (Å²) in [7, 11) is 4.81. The quantitative estimate of drug-likeness (QED) is 0.177. The molecule has 0 aliphatic carbocycles. The number of ether oxygens (including phenoxy) is 4. The van der Waals surface area contributed by atoms with Crippen molar-refractivity contribution in [1.82, 2.24) is 9.78 Å². The van der Waals surface area contributed by atoms with E-state index in [-0.39, 0.29) is 5.97 Å². The number of methoxy groups -OCH3 is 3. The highest BCUT2D eigenvalue weighted by Crippen LogP contribution is 2.50. The standard InChI is InChI=1S/C37H34N6O5/c1-6-48-37(44)23-16-18-25(19-17-23)38-34-36-40-35-31(22(2)41-43(35)26-12-8-7-9-13-26)32(42(36)28-15-11-10-14-27(28)39-34)24-20-29(45-3)33(47-5)30(21-24)46-4/h7-21,32H,6H2,1-5H3,(H,38,39)/t32-/m1/s1. The van der Waals surface area contributed by atoms with Gasteiger partial charge in [-0.25, -0.2) is 19.5 Å². The van der Waals surface area contributed by atoms with Crippen LogP contribution < -0.4 is 24.4 Å². The Morgan fingerprint density at radius 2 is 1.54 bits per heavy atom. The molecule has 5 aromatic rings. The van der Waals surface area contributed by atoms with Gasteiger partial charge in [0.05, 0.1) is 62.3 Å². The molecule has 7 rings (SSSR count).